The first kappa shape index (κ1) is 13.8. The van der Waals surface area contributed by atoms with Crippen molar-refractivity contribution in [2.75, 3.05) is 0 Å². The highest BCUT2D eigenvalue weighted by molar-refractivity contribution is 5.83. The van der Waals surface area contributed by atoms with Gasteiger partial charge in [-0.1, -0.05) is 48.6 Å². The van der Waals surface area contributed by atoms with Gasteiger partial charge in [0.05, 0.1) is 0 Å². The van der Waals surface area contributed by atoms with Crippen molar-refractivity contribution < 1.29 is 4.39 Å². The largest absolute Gasteiger partial charge is 0.207 e. The Hall–Kier alpha value is -2.15. The molecule has 0 saturated heterocycles. The average molecular weight is 278 g/mol. The molecular formula is C20H19F. The lowest BCUT2D eigenvalue weighted by atomic mass is 9.98. The van der Waals surface area contributed by atoms with Gasteiger partial charge < -0.3 is 0 Å². The quantitative estimate of drug-likeness (QED) is 0.657. The molecule has 0 aromatic heterocycles. The maximum Gasteiger partial charge on any atom is 0.123 e. The van der Waals surface area contributed by atoms with Crippen molar-refractivity contribution in [2.24, 2.45) is 0 Å². The summed E-state index contributed by atoms with van der Waals surface area (Å²) in [5.74, 6) is -0.181. The zero-order valence-electron chi connectivity index (χ0n) is 12.3. The highest BCUT2D eigenvalue weighted by Crippen LogP contribution is 2.30. The van der Waals surface area contributed by atoms with Crippen molar-refractivity contribution in [3.05, 3.63) is 77.1 Å². The number of allylic oxidation sites excluding steroid dienone is 2. The summed E-state index contributed by atoms with van der Waals surface area (Å²) in [4.78, 5) is 0. The van der Waals surface area contributed by atoms with E-state index < -0.39 is 0 Å². The minimum Gasteiger partial charge on any atom is -0.207 e. The molecule has 0 saturated carbocycles. The summed E-state index contributed by atoms with van der Waals surface area (Å²) < 4.78 is 13.1. The molecule has 0 nitrogen and oxygen atoms in total. The molecule has 0 bridgehead atoms. The van der Waals surface area contributed by atoms with Crippen molar-refractivity contribution >= 4 is 17.2 Å². The van der Waals surface area contributed by atoms with E-state index in [9.17, 15) is 4.39 Å². The molecule has 0 unspecified atom stereocenters. The Balaban J connectivity index is 2.01. The first-order chi connectivity index (χ1) is 10.1. The number of rotatable bonds is 2. The van der Waals surface area contributed by atoms with Gasteiger partial charge in [0.15, 0.2) is 0 Å². The van der Waals surface area contributed by atoms with E-state index in [-0.39, 0.29) is 5.82 Å². The summed E-state index contributed by atoms with van der Waals surface area (Å²) in [6.07, 6.45) is 5.48. The first-order valence-corrected chi connectivity index (χ1v) is 7.39. The summed E-state index contributed by atoms with van der Waals surface area (Å²) in [7, 11) is 0. The van der Waals surface area contributed by atoms with Crippen LogP contribution in [0.25, 0.3) is 17.2 Å². The Kier molecular flexibility index (Phi) is 3.74. The Bertz CT molecular complexity index is 705. The van der Waals surface area contributed by atoms with E-state index in [0.29, 0.717) is 0 Å². The van der Waals surface area contributed by atoms with Crippen LogP contribution in [0.5, 0.6) is 0 Å². The Morgan fingerprint density at radius 3 is 2.52 bits per heavy atom. The third-order valence-corrected chi connectivity index (χ3v) is 4.07. The van der Waals surface area contributed by atoms with Gasteiger partial charge in [0.1, 0.15) is 5.82 Å². The van der Waals surface area contributed by atoms with E-state index in [2.05, 4.69) is 30.9 Å². The molecule has 1 heteroatoms. The van der Waals surface area contributed by atoms with E-state index >= 15 is 0 Å². The SMILES string of the molecule is C=C(C)c1ccc2c(c1)CCCC(c1ccc(F)cc1)=C2. The molecule has 0 radical (unpaired) electrons. The van der Waals surface area contributed by atoms with Crippen LogP contribution >= 0.6 is 0 Å². The number of halogens is 1. The van der Waals surface area contributed by atoms with Gasteiger partial charge in [-0.2, -0.15) is 0 Å². The van der Waals surface area contributed by atoms with Crippen molar-refractivity contribution in [2.45, 2.75) is 26.2 Å². The number of hydrogen-bond donors (Lipinski definition) is 0. The molecule has 0 heterocycles. The molecule has 0 fully saturated rings. The Labute approximate surface area is 125 Å². The number of aryl methyl sites for hydroxylation is 1. The Morgan fingerprint density at radius 1 is 1.05 bits per heavy atom. The Morgan fingerprint density at radius 2 is 1.81 bits per heavy atom. The van der Waals surface area contributed by atoms with Crippen LogP contribution in [0.1, 0.15) is 42.0 Å². The molecule has 0 aliphatic heterocycles. The summed E-state index contributed by atoms with van der Waals surface area (Å²) in [6.45, 7) is 6.06. The average Bonchev–Trinajstić information content (AvgIpc) is 2.69. The van der Waals surface area contributed by atoms with Crippen molar-refractivity contribution in [1.29, 1.82) is 0 Å². The molecule has 2 aromatic carbocycles. The van der Waals surface area contributed by atoms with Crippen molar-refractivity contribution in [1.82, 2.24) is 0 Å². The molecule has 3 rings (SSSR count). The maximum absolute atomic E-state index is 13.1. The number of fused-ring (bicyclic) bond motifs is 1. The van der Waals surface area contributed by atoms with Gasteiger partial charge in [-0.25, -0.2) is 4.39 Å². The summed E-state index contributed by atoms with van der Waals surface area (Å²) in [6, 6.07) is 13.4. The van der Waals surface area contributed by atoms with Crippen LogP contribution in [0.15, 0.2) is 49.0 Å². The normalized spacial score (nSPS) is 14.1. The fourth-order valence-corrected chi connectivity index (χ4v) is 2.85. The molecule has 1 aliphatic carbocycles. The highest BCUT2D eigenvalue weighted by Gasteiger charge is 2.11. The number of hydrogen-bond acceptors (Lipinski definition) is 0. The molecule has 0 amide bonds. The molecule has 21 heavy (non-hydrogen) atoms. The first-order valence-electron chi connectivity index (χ1n) is 7.39. The molecule has 2 aromatic rings. The minimum atomic E-state index is -0.181. The molecule has 106 valence electrons. The van der Waals surface area contributed by atoms with Gasteiger partial charge in [0.2, 0.25) is 0 Å². The number of benzene rings is 2. The van der Waals surface area contributed by atoms with Crippen LogP contribution in [0.4, 0.5) is 4.39 Å². The predicted molar refractivity (Wildman–Crippen MR) is 88.4 cm³/mol. The van der Waals surface area contributed by atoms with E-state index in [1.807, 2.05) is 19.1 Å². The molecule has 1 aliphatic rings. The van der Waals surface area contributed by atoms with Crippen LogP contribution in [0.3, 0.4) is 0 Å². The summed E-state index contributed by atoms with van der Waals surface area (Å²) in [5, 5.41) is 0. The maximum atomic E-state index is 13.1. The minimum absolute atomic E-state index is 0.181. The lowest BCUT2D eigenvalue weighted by molar-refractivity contribution is 0.627. The predicted octanol–water partition coefficient (Wildman–Crippen LogP) is 5.74. The monoisotopic (exact) mass is 278 g/mol. The lowest BCUT2D eigenvalue weighted by Crippen LogP contribution is -1.89. The molecule has 0 spiro atoms. The van der Waals surface area contributed by atoms with Gasteiger partial charge in [-0.15, -0.1) is 0 Å². The standard InChI is InChI=1S/C20H19F/c1-14(2)16-6-7-19-13-17(4-3-5-18(19)12-16)15-8-10-20(21)11-9-15/h6-13H,1,3-5H2,2H3. The van der Waals surface area contributed by atoms with E-state index in [1.54, 1.807) is 0 Å². The fraction of sp³-hybridized carbons (Fsp3) is 0.200. The van der Waals surface area contributed by atoms with Crippen molar-refractivity contribution in [3.8, 4) is 0 Å². The van der Waals surface area contributed by atoms with Crippen LogP contribution in [-0.4, -0.2) is 0 Å². The lowest BCUT2D eigenvalue weighted by Gasteiger charge is -2.07. The van der Waals surface area contributed by atoms with Gasteiger partial charge in [-0.3, -0.25) is 0 Å². The van der Waals surface area contributed by atoms with E-state index in [1.165, 1.54) is 34.4 Å². The smallest absolute Gasteiger partial charge is 0.123 e. The van der Waals surface area contributed by atoms with Crippen LogP contribution in [0, 0.1) is 5.82 Å². The molecular weight excluding hydrogens is 259 g/mol. The van der Waals surface area contributed by atoms with Gasteiger partial charge in [0.25, 0.3) is 0 Å². The third kappa shape index (κ3) is 2.97. The van der Waals surface area contributed by atoms with Crippen LogP contribution < -0.4 is 0 Å². The van der Waals surface area contributed by atoms with E-state index in [0.717, 1.165) is 30.4 Å². The second-order valence-corrected chi connectivity index (χ2v) is 5.72. The van der Waals surface area contributed by atoms with Gasteiger partial charge >= 0.3 is 0 Å². The summed E-state index contributed by atoms with van der Waals surface area (Å²) in [5.41, 5.74) is 7.38. The second kappa shape index (κ2) is 5.69. The van der Waals surface area contributed by atoms with E-state index in [4.69, 9.17) is 0 Å². The van der Waals surface area contributed by atoms with Gasteiger partial charge in [-0.05, 0) is 66.1 Å². The molecule has 0 atom stereocenters. The highest BCUT2D eigenvalue weighted by atomic mass is 19.1. The molecule has 0 N–H and O–H groups in total. The second-order valence-electron chi connectivity index (χ2n) is 5.72. The van der Waals surface area contributed by atoms with Crippen LogP contribution in [-0.2, 0) is 6.42 Å². The third-order valence-electron chi connectivity index (χ3n) is 4.07. The van der Waals surface area contributed by atoms with Crippen LogP contribution in [0.2, 0.25) is 0 Å². The summed E-state index contributed by atoms with van der Waals surface area (Å²) >= 11 is 0. The van der Waals surface area contributed by atoms with Crippen molar-refractivity contribution in [3.63, 3.8) is 0 Å². The topological polar surface area (TPSA) is 0 Å². The van der Waals surface area contributed by atoms with Gasteiger partial charge in [0, 0.05) is 0 Å². The zero-order chi connectivity index (χ0) is 14.8. The fourth-order valence-electron chi connectivity index (χ4n) is 2.85. The zero-order valence-corrected chi connectivity index (χ0v) is 12.3.